The summed E-state index contributed by atoms with van der Waals surface area (Å²) in [6.45, 7) is 1.85. The van der Waals surface area contributed by atoms with Crippen molar-refractivity contribution in [2.24, 2.45) is 0 Å². The third kappa shape index (κ3) is 1.86. The van der Waals surface area contributed by atoms with E-state index in [0.29, 0.717) is 10.6 Å². The zero-order chi connectivity index (χ0) is 15.3. The molecule has 2 N–H and O–H groups in total. The zero-order valence-corrected chi connectivity index (χ0v) is 12.7. The molecule has 0 saturated carbocycles. The molecule has 0 radical (unpaired) electrons. The number of hydrogen-bond acceptors (Lipinski definition) is 1. The van der Waals surface area contributed by atoms with Gasteiger partial charge in [-0.25, -0.2) is 0 Å². The van der Waals surface area contributed by atoms with Crippen LogP contribution in [0.15, 0.2) is 53.3 Å². The summed E-state index contributed by atoms with van der Waals surface area (Å²) < 4.78 is 0. The fraction of sp³-hybridized carbons (Fsp3) is 0.0556. The Morgan fingerprint density at radius 1 is 0.955 bits per heavy atom. The second kappa shape index (κ2) is 4.75. The normalized spacial score (nSPS) is 11.4. The van der Waals surface area contributed by atoms with Crippen LogP contribution in [0.1, 0.15) is 5.56 Å². The van der Waals surface area contributed by atoms with Crippen LogP contribution in [0.4, 0.5) is 0 Å². The molecule has 0 amide bonds. The highest BCUT2D eigenvalue weighted by Crippen LogP contribution is 2.33. The Hall–Kier alpha value is -2.52. The van der Waals surface area contributed by atoms with Crippen molar-refractivity contribution in [2.45, 2.75) is 6.92 Å². The molecule has 0 spiro atoms. The monoisotopic (exact) mass is 308 g/mol. The number of aromatic amines is 2. The molecule has 0 unspecified atom stereocenters. The Balaban J connectivity index is 2.22. The van der Waals surface area contributed by atoms with Crippen LogP contribution in [0, 0.1) is 6.92 Å². The van der Waals surface area contributed by atoms with Crippen LogP contribution in [0.5, 0.6) is 0 Å². The largest absolute Gasteiger partial charge is 0.353 e. The van der Waals surface area contributed by atoms with Crippen molar-refractivity contribution in [2.75, 3.05) is 0 Å². The van der Waals surface area contributed by atoms with Gasteiger partial charge in [-0.3, -0.25) is 4.79 Å². The van der Waals surface area contributed by atoms with E-state index in [1.54, 1.807) is 0 Å². The van der Waals surface area contributed by atoms with Gasteiger partial charge in [0.05, 0.1) is 11.0 Å². The minimum Gasteiger partial charge on any atom is -0.353 e. The highest BCUT2D eigenvalue weighted by Gasteiger charge is 2.15. The number of pyridine rings is 1. The van der Waals surface area contributed by atoms with Crippen molar-refractivity contribution < 1.29 is 0 Å². The van der Waals surface area contributed by atoms with E-state index >= 15 is 0 Å². The summed E-state index contributed by atoms with van der Waals surface area (Å²) in [6.07, 6.45) is 0. The van der Waals surface area contributed by atoms with Crippen LogP contribution in [0.25, 0.3) is 33.1 Å². The second-order valence-corrected chi connectivity index (χ2v) is 5.82. The number of fused-ring (bicyclic) bond motifs is 3. The van der Waals surface area contributed by atoms with E-state index in [9.17, 15) is 4.79 Å². The lowest BCUT2D eigenvalue weighted by atomic mass is 10.0. The van der Waals surface area contributed by atoms with Gasteiger partial charge in [-0.2, -0.15) is 0 Å². The van der Waals surface area contributed by atoms with Crippen LogP contribution in [0.2, 0.25) is 5.02 Å². The summed E-state index contributed by atoms with van der Waals surface area (Å²) in [6, 6.07) is 15.6. The molecular formula is C18H13ClN2O. The zero-order valence-electron chi connectivity index (χ0n) is 11.9. The fourth-order valence-corrected chi connectivity index (χ4v) is 3.13. The molecular weight excluding hydrogens is 296 g/mol. The molecule has 0 fully saturated rings. The minimum atomic E-state index is -0.0766. The molecule has 22 heavy (non-hydrogen) atoms. The first-order valence-corrected chi connectivity index (χ1v) is 7.42. The van der Waals surface area contributed by atoms with Gasteiger partial charge >= 0.3 is 0 Å². The first-order valence-electron chi connectivity index (χ1n) is 7.04. The second-order valence-electron chi connectivity index (χ2n) is 5.39. The van der Waals surface area contributed by atoms with Crippen molar-refractivity contribution >= 4 is 33.5 Å². The molecule has 0 aliphatic heterocycles. The van der Waals surface area contributed by atoms with E-state index in [0.717, 1.165) is 33.1 Å². The van der Waals surface area contributed by atoms with Gasteiger partial charge in [0.1, 0.15) is 0 Å². The predicted octanol–water partition coefficient (Wildman–Crippen LogP) is 4.64. The molecule has 2 heterocycles. The lowest BCUT2D eigenvalue weighted by Crippen LogP contribution is -2.10. The van der Waals surface area contributed by atoms with E-state index in [1.807, 2.05) is 55.5 Å². The van der Waals surface area contributed by atoms with Crippen LogP contribution >= 0.6 is 11.6 Å². The summed E-state index contributed by atoms with van der Waals surface area (Å²) in [4.78, 5) is 18.7. The maximum atomic E-state index is 12.4. The number of nitrogens with one attached hydrogen (secondary N) is 2. The SMILES string of the molecule is Cc1c(-c2ccccc2)c2[nH]c3ccc(Cl)cc3c2[nH]c1=O. The topological polar surface area (TPSA) is 48.6 Å². The molecule has 0 saturated heterocycles. The molecule has 2 aromatic heterocycles. The Morgan fingerprint density at radius 3 is 2.50 bits per heavy atom. The molecule has 4 aromatic rings. The average Bonchev–Trinajstić information content (AvgIpc) is 2.87. The molecule has 4 heteroatoms. The van der Waals surface area contributed by atoms with E-state index in [1.165, 1.54) is 0 Å². The summed E-state index contributed by atoms with van der Waals surface area (Å²) in [7, 11) is 0. The lowest BCUT2D eigenvalue weighted by molar-refractivity contribution is 1.24. The third-order valence-electron chi connectivity index (χ3n) is 4.03. The third-order valence-corrected chi connectivity index (χ3v) is 4.26. The fourth-order valence-electron chi connectivity index (χ4n) is 2.96. The Morgan fingerprint density at radius 2 is 1.73 bits per heavy atom. The summed E-state index contributed by atoms with van der Waals surface area (Å²) in [5.41, 5.74) is 5.27. The van der Waals surface area contributed by atoms with Crippen molar-refractivity contribution in [3.05, 3.63) is 69.5 Å². The Kier molecular flexibility index (Phi) is 2.84. The average molecular weight is 309 g/mol. The van der Waals surface area contributed by atoms with Crippen molar-refractivity contribution in [1.82, 2.24) is 9.97 Å². The number of H-pyrrole nitrogens is 2. The summed E-state index contributed by atoms with van der Waals surface area (Å²) in [5.74, 6) is 0. The van der Waals surface area contributed by atoms with E-state index in [-0.39, 0.29) is 5.56 Å². The predicted molar refractivity (Wildman–Crippen MR) is 91.6 cm³/mol. The van der Waals surface area contributed by atoms with Crippen LogP contribution in [-0.4, -0.2) is 9.97 Å². The van der Waals surface area contributed by atoms with Gasteiger partial charge in [-0.1, -0.05) is 41.9 Å². The minimum absolute atomic E-state index is 0.0766. The van der Waals surface area contributed by atoms with Crippen molar-refractivity contribution in [3.63, 3.8) is 0 Å². The molecule has 0 bridgehead atoms. The Labute approximate surface area is 131 Å². The van der Waals surface area contributed by atoms with Gasteiger partial charge in [0.25, 0.3) is 5.56 Å². The number of aromatic nitrogens is 2. The van der Waals surface area contributed by atoms with E-state index in [4.69, 9.17) is 11.6 Å². The molecule has 0 atom stereocenters. The van der Waals surface area contributed by atoms with Gasteiger partial charge in [-0.05, 0) is 30.7 Å². The number of halogens is 1. The van der Waals surface area contributed by atoms with Crippen LogP contribution in [-0.2, 0) is 0 Å². The van der Waals surface area contributed by atoms with Gasteiger partial charge in [0, 0.05) is 27.1 Å². The number of benzene rings is 2. The molecule has 0 aliphatic carbocycles. The lowest BCUT2D eigenvalue weighted by Gasteiger charge is -2.07. The molecule has 3 nitrogen and oxygen atoms in total. The van der Waals surface area contributed by atoms with Gasteiger partial charge in [0.15, 0.2) is 0 Å². The first-order chi connectivity index (χ1) is 10.6. The quantitative estimate of drug-likeness (QED) is 0.529. The van der Waals surface area contributed by atoms with Gasteiger partial charge in [0.2, 0.25) is 0 Å². The molecule has 108 valence electrons. The molecule has 4 rings (SSSR count). The van der Waals surface area contributed by atoms with Crippen molar-refractivity contribution in [3.8, 4) is 11.1 Å². The summed E-state index contributed by atoms with van der Waals surface area (Å²) in [5, 5.41) is 1.58. The molecule has 2 aromatic carbocycles. The Bertz CT molecular complexity index is 1060. The van der Waals surface area contributed by atoms with Crippen LogP contribution < -0.4 is 5.56 Å². The van der Waals surface area contributed by atoms with E-state index in [2.05, 4.69) is 9.97 Å². The maximum absolute atomic E-state index is 12.4. The standard InChI is InChI=1S/C18H13ClN2O/c1-10-15(11-5-3-2-4-6-11)17-16(21-18(10)22)13-9-12(19)7-8-14(13)20-17/h2-9,20H,1H3,(H,21,22). The first kappa shape index (κ1) is 13.2. The van der Waals surface area contributed by atoms with Gasteiger partial charge in [-0.15, -0.1) is 0 Å². The van der Waals surface area contributed by atoms with Crippen molar-refractivity contribution in [1.29, 1.82) is 0 Å². The highest BCUT2D eigenvalue weighted by atomic mass is 35.5. The number of hydrogen-bond donors (Lipinski definition) is 2. The highest BCUT2D eigenvalue weighted by molar-refractivity contribution is 6.31. The van der Waals surface area contributed by atoms with Gasteiger partial charge < -0.3 is 9.97 Å². The van der Waals surface area contributed by atoms with E-state index < -0.39 is 0 Å². The smallest absolute Gasteiger partial charge is 0.252 e. The summed E-state index contributed by atoms with van der Waals surface area (Å²) >= 11 is 6.10. The maximum Gasteiger partial charge on any atom is 0.252 e. The molecule has 0 aliphatic rings. The van der Waals surface area contributed by atoms with Crippen LogP contribution in [0.3, 0.4) is 0 Å². The number of rotatable bonds is 1.